The predicted octanol–water partition coefficient (Wildman–Crippen LogP) is 7.76. The predicted molar refractivity (Wildman–Crippen MR) is 103 cm³/mol. The molecule has 0 saturated carbocycles. The summed E-state index contributed by atoms with van der Waals surface area (Å²) < 4.78 is 7.67. The Morgan fingerprint density at radius 2 is 1.10 bits per heavy atom. The third-order valence-electron chi connectivity index (χ3n) is 5.54. The Hall–Kier alpha value is 0.539. The van der Waals surface area contributed by atoms with Crippen molar-refractivity contribution in [3.8, 4) is 0 Å². The van der Waals surface area contributed by atoms with Crippen molar-refractivity contribution in [2.45, 2.75) is 106 Å². The van der Waals surface area contributed by atoms with Crippen LogP contribution in [0.3, 0.4) is 0 Å². The summed E-state index contributed by atoms with van der Waals surface area (Å²) in [5, 5.41) is 0. The van der Waals surface area contributed by atoms with Crippen LogP contribution in [0, 0.1) is 5.41 Å². The number of allylic oxidation sites excluding steroid dienone is 1. The summed E-state index contributed by atoms with van der Waals surface area (Å²) in [7, 11) is 0. The van der Waals surface area contributed by atoms with E-state index in [1.807, 2.05) is 0 Å². The van der Waals surface area contributed by atoms with E-state index in [2.05, 4.69) is 51.7 Å². The molecule has 0 bridgehead atoms. The zero-order chi connectivity index (χ0) is 16.2. The molecular formula is C20H42Sn. The van der Waals surface area contributed by atoms with E-state index in [1.54, 1.807) is 13.3 Å². The van der Waals surface area contributed by atoms with Crippen LogP contribution in [0.2, 0.25) is 13.3 Å². The molecule has 0 spiro atoms. The second-order valence-corrected chi connectivity index (χ2v) is 20.4. The second-order valence-electron chi connectivity index (χ2n) is 7.37. The van der Waals surface area contributed by atoms with Crippen molar-refractivity contribution in [1.29, 1.82) is 0 Å². The van der Waals surface area contributed by atoms with Gasteiger partial charge < -0.3 is 0 Å². The van der Waals surface area contributed by atoms with Crippen molar-refractivity contribution in [1.82, 2.24) is 0 Å². The van der Waals surface area contributed by atoms with Gasteiger partial charge in [-0.3, -0.25) is 0 Å². The van der Waals surface area contributed by atoms with Gasteiger partial charge in [-0.15, -0.1) is 0 Å². The Balaban J connectivity index is 5.14. The third-order valence-corrected chi connectivity index (χ3v) is 19.6. The molecule has 0 fully saturated rings. The minimum absolute atomic E-state index is 0.451. The fourth-order valence-corrected chi connectivity index (χ4v) is 17.9. The molecule has 0 amide bonds. The maximum absolute atomic E-state index is 2.86. The van der Waals surface area contributed by atoms with E-state index in [4.69, 9.17) is 0 Å². The molecular weight excluding hydrogens is 359 g/mol. The Labute approximate surface area is 140 Å². The van der Waals surface area contributed by atoms with Crippen LogP contribution in [-0.2, 0) is 0 Å². The first-order valence-electron chi connectivity index (χ1n) is 9.71. The SMILES string of the molecule is CCC[CH2][Sn]([CH]=CC(C)(CC)CC)([CH2]CCC)[CH2]CCC. The van der Waals surface area contributed by atoms with Crippen molar-refractivity contribution in [2.75, 3.05) is 0 Å². The van der Waals surface area contributed by atoms with Crippen LogP contribution in [0.1, 0.15) is 92.9 Å². The molecule has 126 valence electrons. The molecule has 0 aromatic rings. The number of hydrogen-bond acceptors (Lipinski definition) is 0. The van der Waals surface area contributed by atoms with E-state index < -0.39 is 18.4 Å². The fraction of sp³-hybridized carbons (Fsp3) is 0.900. The molecule has 0 aliphatic heterocycles. The molecule has 0 atom stereocenters. The van der Waals surface area contributed by atoms with E-state index >= 15 is 0 Å². The van der Waals surface area contributed by atoms with Crippen LogP contribution in [0.15, 0.2) is 10.2 Å². The molecule has 0 aromatic carbocycles. The van der Waals surface area contributed by atoms with Crippen LogP contribution >= 0.6 is 0 Å². The first-order valence-corrected chi connectivity index (χ1v) is 17.4. The van der Waals surface area contributed by atoms with E-state index in [0.717, 1.165) is 0 Å². The molecule has 0 unspecified atom stereocenters. The van der Waals surface area contributed by atoms with Gasteiger partial charge in [0.2, 0.25) is 0 Å². The summed E-state index contributed by atoms with van der Waals surface area (Å²) in [6.45, 7) is 14.3. The van der Waals surface area contributed by atoms with Crippen molar-refractivity contribution >= 4 is 18.4 Å². The molecule has 0 aliphatic carbocycles. The van der Waals surface area contributed by atoms with Gasteiger partial charge in [0.25, 0.3) is 0 Å². The average molecular weight is 401 g/mol. The molecule has 0 N–H and O–H groups in total. The van der Waals surface area contributed by atoms with Gasteiger partial charge in [0.05, 0.1) is 0 Å². The molecule has 0 saturated heterocycles. The van der Waals surface area contributed by atoms with Gasteiger partial charge in [-0.25, -0.2) is 0 Å². The van der Waals surface area contributed by atoms with Crippen LogP contribution < -0.4 is 0 Å². The second kappa shape index (κ2) is 12.0. The van der Waals surface area contributed by atoms with Gasteiger partial charge in [-0.05, 0) is 0 Å². The summed E-state index contributed by atoms with van der Waals surface area (Å²) in [5.41, 5.74) is 0.451. The summed E-state index contributed by atoms with van der Waals surface area (Å²) in [6, 6.07) is 0. The monoisotopic (exact) mass is 402 g/mol. The van der Waals surface area contributed by atoms with Crippen molar-refractivity contribution < 1.29 is 0 Å². The third kappa shape index (κ3) is 8.67. The van der Waals surface area contributed by atoms with Crippen LogP contribution in [0.5, 0.6) is 0 Å². The molecule has 1 heteroatoms. The number of rotatable bonds is 13. The van der Waals surface area contributed by atoms with Gasteiger partial charge in [-0.2, -0.15) is 0 Å². The Morgan fingerprint density at radius 3 is 1.38 bits per heavy atom. The average Bonchev–Trinajstić information content (AvgIpc) is 2.53. The summed E-state index contributed by atoms with van der Waals surface area (Å²) >= 11 is -2.03. The first-order chi connectivity index (χ1) is 10.0. The molecule has 0 aromatic heterocycles. The number of hydrogen-bond donors (Lipinski definition) is 0. The minimum atomic E-state index is -2.03. The topological polar surface area (TPSA) is 0 Å². The molecule has 0 heterocycles. The number of unbranched alkanes of at least 4 members (excludes halogenated alkanes) is 3. The zero-order valence-electron chi connectivity index (χ0n) is 15.9. The van der Waals surface area contributed by atoms with Gasteiger partial charge in [0.15, 0.2) is 0 Å². The Morgan fingerprint density at radius 1 is 0.714 bits per heavy atom. The van der Waals surface area contributed by atoms with E-state index in [9.17, 15) is 0 Å². The van der Waals surface area contributed by atoms with Crippen molar-refractivity contribution in [3.63, 3.8) is 0 Å². The first kappa shape index (κ1) is 21.5. The summed E-state index contributed by atoms with van der Waals surface area (Å²) in [4.78, 5) is 0. The van der Waals surface area contributed by atoms with Gasteiger partial charge in [-0.1, -0.05) is 0 Å². The van der Waals surface area contributed by atoms with Gasteiger partial charge >= 0.3 is 140 Å². The molecule has 21 heavy (non-hydrogen) atoms. The van der Waals surface area contributed by atoms with Crippen molar-refractivity contribution in [3.05, 3.63) is 10.2 Å². The zero-order valence-corrected chi connectivity index (χ0v) is 18.8. The van der Waals surface area contributed by atoms with Gasteiger partial charge in [0.1, 0.15) is 0 Å². The van der Waals surface area contributed by atoms with Gasteiger partial charge in [0, 0.05) is 0 Å². The Kier molecular flexibility index (Phi) is 12.3. The standard InChI is InChI=1S/C8H15.3C4H9.Sn/c1-5-8(4,6-2)7-3;3*1-3-4-2;/h1,5H,6-7H2,2-4H3;3*1,3-4H2,2H3;. The summed E-state index contributed by atoms with van der Waals surface area (Å²) in [5.74, 6) is 0. The van der Waals surface area contributed by atoms with Crippen LogP contribution in [0.25, 0.3) is 0 Å². The normalized spacial score (nSPS) is 13.2. The van der Waals surface area contributed by atoms with E-state index in [1.165, 1.54) is 51.4 Å². The molecule has 0 nitrogen and oxygen atoms in total. The quantitative estimate of drug-likeness (QED) is 0.277. The Bertz CT molecular complexity index is 241. The molecule has 0 radical (unpaired) electrons. The fourth-order valence-electron chi connectivity index (χ4n) is 3.08. The molecule has 0 rings (SSSR count). The van der Waals surface area contributed by atoms with E-state index in [-0.39, 0.29) is 0 Å². The van der Waals surface area contributed by atoms with Crippen LogP contribution in [-0.4, -0.2) is 18.4 Å². The molecule has 0 aliphatic rings. The summed E-state index contributed by atoms with van der Waals surface area (Å²) in [6.07, 6.45) is 13.8. The van der Waals surface area contributed by atoms with Crippen molar-refractivity contribution in [2.24, 2.45) is 5.41 Å². The van der Waals surface area contributed by atoms with E-state index in [0.29, 0.717) is 5.41 Å². The maximum atomic E-state index is 2.86. The van der Waals surface area contributed by atoms with Crippen LogP contribution in [0.4, 0.5) is 0 Å².